The molecular weight excluding hydrogens is 166 g/mol. The predicted molar refractivity (Wildman–Crippen MR) is 50.7 cm³/mol. The van der Waals surface area contributed by atoms with Crippen LogP contribution in [0.1, 0.15) is 23.7 Å². The van der Waals surface area contributed by atoms with Gasteiger partial charge in [-0.1, -0.05) is 6.92 Å². The zero-order valence-electron chi connectivity index (χ0n) is 8.29. The molecule has 1 rings (SSSR count). The van der Waals surface area contributed by atoms with E-state index in [-0.39, 0.29) is 5.75 Å². The Morgan fingerprint density at radius 1 is 1.54 bits per heavy atom. The number of rotatable bonds is 3. The van der Waals surface area contributed by atoms with Crippen LogP contribution in [0.4, 0.5) is 0 Å². The lowest BCUT2D eigenvalue weighted by Gasteiger charge is -2.10. The van der Waals surface area contributed by atoms with Gasteiger partial charge in [-0.15, -0.1) is 0 Å². The van der Waals surface area contributed by atoms with Gasteiger partial charge in [0.1, 0.15) is 5.75 Å². The van der Waals surface area contributed by atoms with Crippen molar-refractivity contribution in [2.75, 3.05) is 7.11 Å². The number of aromatic nitrogens is 1. The van der Waals surface area contributed by atoms with Crippen molar-refractivity contribution in [2.24, 2.45) is 0 Å². The van der Waals surface area contributed by atoms with Crippen molar-refractivity contribution in [3.05, 3.63) is 23.0 Å². The van der Waals surface area contributed by atoms with Crippen LogP contribution in [-0.2, 0) is 17.8 Å². The number of nitrogens with zero attached hydrogens (tertiary/aromatic N) is 1. The summed E-state index contributed by atoms with van der Waals surface area (Å²) in [6, 6.07) is 0. The predicted octanol–water partition coefficient (Wildman–Crippen LogP) is 1.80. The van der Waals surface area contributed by atoms with Gasteiger partial charge < -0.3 is 9.84 Å². The summed E-state index contributed by atoms with van der Waals surface area (Å²) in [6.45, 7) is 4.26. The summed E-state index contributed by atoms with van der Waals surface area (Å²) in [5, 5.41) is 9.70. The minimum atomic E-state index is 0.265. The number of ether oxygens (including phenoxy) is 1. The molecule has 0 radical (unpaired) electrons. The maximum absolute atomic E-state index is 9.70. The van der Waals surface area contributed by atoms with Crippen LogP contribution in [0, 0.1) is 6.92 Å². The third-order valence-electron chi connectivity index (χ3n) is 2.10. The highest BCUT2D eigenvalue weighted by molar-refractivity contribution is 5.40. The molecule has 0 amide bonds. The zero-order chi connectivity index (χ0) is 9.84. The van der Waals surface area contributed by atoms with E-state index in [1.54, 1.807) is 20.2 Å². The first-order valence-corrected chi connectivity index (χ1v) is 4.36. The van der Waals surface area contributed by atoms with E-state index in [1.807, 2.05) is 6.92 Å². The smallest absolute Gasteiger partial charge is 0.142 e. The Bertz CT molecular complexity index is 297. The van der Waals surface area contributed by atoms with E-state index in [4.69, 9.17) is 4.74 Å². The molecule has 0 aromatic carbocycles. The van der Waals surface area contributed by atoms with Crippen LogP contribution in [0.3, 0.4) is 0 Å². The van der Waals surface area contributed by atoms with Crippen LogP contribution in [0.2, 0.25) is 0 Å². The molecule has 0 fully saturated rings. The van der Waals surface area contributed by atoms with Crippen LogP contribution in [0.25, 0.3) is 0 Å². The van der Waals surface area contributed by atoms with E-state index in [9.17, 15) is 5.11 Å². The van der Waals surface area contributed by atoms with Crippen molar-refractivity contribution in [3.63, 3.8) is 0 Å². The highest BCUT2D eigenvalue weighted by Gasteiger charge is 2.09. The van der Waals surface area contributed by atoms with Crippen LogP contribution in [-0.4, -0.2) is 17.2 Å². The molecule has 0 aliphatic heterocycles. The Kier molecular flexibility index (Phi) is 3.25. The van der Waals surface area contributed by atoms with Gasteiger partial charge >= 0.3 is 0 Å². The zero-order valence-corrected chi connectivity index (χ0v) is 8.29. The van der Waals surface area contributed by atoms with Crippen molar-refractivity contribution in [2.45, 2.75) is 26.9 Å². The number of hydrogen-bond acceptors (Lipinski definition) is 3. The third kappa shape index (κ3) is 1.98. The molecule has 1 N–H and O–H groups in total. The van der Waals surface area contributed by atoms with Gasteiger partial charge in [0.15, 0.2) is 0 Å². The fraction of sp³-hybridized carbons (Fsp3) is 0.500. The molecule has 1 aromatic heterocycles. The topological polar surface area (TPSA) is 42.4 Å². The quantitative estimate of drug-likeness (QED) is 0.773. The van der Waals surface area contributed by atoms with Gasteiger partial charge in [0.2, 0.25) is 0 Å². The molecule has 3 nitrogen and oxygen atoms in total. The van der Waals surface area contributed by atoms with Gasteiger partial charge in [-0.25, -0.2) is 0 Å². The highest BCUT2D eigenvalue weighted by Crippen LogP contribution is 2.24. The Morgan fingerprint density at radius 3 is 2.77 bits per heavy atom. The highest BCUT2D eigenvalue weighted by atomic mass is 16.5. The minimum absolute atomic E-state index is 0.265. The van der Waals surface area contributed by atoms with Gasteiger partial charge in [0, 0.05) is 18.9 Å². The molecule has 1 heterocycles. The van der Waals surface area contributed by atoms with Crippen LogP contribution in [0.15, 0.2) is 6.20 Å². The summed E-state index contributed by atoms with van der Waals surface area (Å²) in [4.78, 5) is 4.09. The number of methoxy groups -OCH3 is 1. The maximum Gasteiger partial charge on any atom is 0.142 e. The van der Waals surface area contributed by atoms with Crippen LogP contribution < -0.4 is 0 Å². The Morgan fingerprint density at radius 2 is 2.23 bits per heavy atom. The van der Waals surface area contributed by atoms with E-state index in [2.05, 4.69) is 4.98 Å². The van der Waals surface area contributed by atoms with E-state index >= 15 is 0 Å². The largest absolute Gasteiger partial charge is 0.506 e. The van der Waals surface area contributed by atoms with Crippen LogP contribution >= 0.6 is 0 Å². The first-order valence-electron chi connectivity index (χ1n) is 4.36. The lowest BCUT2D eigenvalue weighted by Crippen LogP contribution is -1.98. The molecule has 0 aliphatic carbocycles. The molecule has 72 valence electrons. The van der Waals surface area contributed by atoms with Gasteiger partial charge in [0.05, 0.1) is 12.3 Å². The minimum Gasteiger partial charge on any atom is -0.506 e. The standard InChI is InChI=1S/C10H15NO2/c1-4-8-5-11-7(2)10(12)9(8)6-13-3/h5,12H,4,6H2,1-3H3. The van der Waals surface area contributed by atoms with E-state index in [1.165, 1.54) is 0 Å². The Hall–Kier alpha value is -1.09. The van der Waals surface area contributed by atoms with Crippen molar-refractivity contribution in [1.29, 1.82) is 0 Å². The summed E-state index contributed by atoms with van der Waals surface area (Å²) >= 11 is 0. The molecule has 1 aromatic rings. The molecule has 0 saturated carbocycles. The molecule has 0 aliphatic rings. The SMILES string of the molecule is CCc1cnc(C)c(O)c1COC. The second kappa shape index (κ2) is 4.23. The first-order chi connectivity index (χ1) is 6.20. The normalized spacial score (nSPS) is 10.4. The third-order valence-corrected chi connectivity index (χ3v) is 2.10. The second-order valence-corrected chi connectivity index (χ2v) is 2.98. The van der Waals surface area contributed by atoms with E-state index < -0.39 is 0 Å². The van der Waals surface area contributed by atoms with Gasteiger partial charge in [-0.05, 0) is 18.9 Å². The second-order valence-electron chi connectivity index (χ2n) is 2.98. The lowest BCUT2D eigenvalue weighted by molar-refractivity contribution is 0.181. The Labute approximate surface area is 78.4 Å². The van der Waals surface area contributed by atoms with Crippen molar-refractivity contribution >= 4 is 0 Å². The van der Waals surface area contributed by atoms with Crippen LogP contribution in [0.5, 0.6) is 5.75 Å². The number of hydrogen-bond donors (Lipinski definition) is 1. The molecule has 0 atom stereocenters. The molecule has 0 bridgehead atoms. The summed E-state index contributed by atoms with van der Waals surface area (Å²) in [5.74, 6) is 0.265. The van der Waals surface area contributed by atoms with E-state index in [0.29, 0.717) is 12.3 Å². The van der Waals surface area contributed by atoms with Gasteiger partial charge in [-0.2, -0.15) is 0 Å². The molecule has 3 heteroatoms. The number of pyridine rings is 1. The summed E-state index contributed by atoms with van der Waals surface area (Å²) in [5.41, 5.74) is 2.56. The average molecular weight is 181 g/mol. The first kappa shape index (κ1) is 9.99. The molecule has 13 heavy (non-hydrogen) atoms. The fourth-order valence-corrected chi connectivity index (χ4v) is 1.29. The van der Waals surface area contributed by atoms with Crippen molar-refractivity contribution in [3.8, 4) is 5.75 Å². The summed E-state index contributed by atoms with van der Waals surface area (Å²) in [7, 11) is 1.62. The number of aromatic hydroxyl groups is 1. The van der Waals surface area contributed by atoms with Gasteiger partial charge in [-0.3, -0.25) is 4.98 Å². The molecular formula is C10H15NO2. The molecule has 0 unspecified atom stereocenters. The van der Waals surface area contributed by atoms with Crippen molar-refractivity contribution in [1.82, 2.24) is 4.98 Å². The van der Waals surface area contributed by atoms with E-state index in [0.717, 1.165) is 17.5 Å². The monoisotopic (exact) mass is 181 g/mol. The average Bonchev–Trinajstić information content (AvgIpc) is 2.14. The Balaban J connectivity index is 3.15. The van der Waals surface area contributed by atoms with Crippen molar-refractivity contribution < 1.29 is 9.84 Å². The summed E-state index contributed by atoms with van der Waals surface area (Å²) in [6.07, 6.45) is 2.66. The van der Waals surface area contributed by atoms with Gasteiger partial charge in [0.25, 0.3) is 0 Å². The summed E-state index contributed by atoms with van der Waals surface area (Å²) < 4.78 is 5.02. The molecule has 0 spiro atoms. The number of aryl methyl sites for hydroxylation is 2. The maximum atomic E-state index is 9.70. The molecule has 0 saturated heterocycles. The fourth-order valence-electron chi connectivity index (χ4n) is 1.29. The lowest BCUT2D eigenvalue weighted by atomic mass is 10.1.